The Balaban J connectivity index is 1.95. The summed E-state index contributed by atoms with van der Waals surface area (Å²) in [5.41, 5.74) is 8.65. The molecule has 0 atom stereocenters. The van der Waals surface area contributed by atoms with E-state index in [1.54, 1.807) is 6.07 Å². The van der Waals surface area contributed by atoms with Crippen LogP contribution in [0.25, 0.3) is 0 Å². The lowest BCUT2D eigenvalue weighted by atomic mass is 10.1. The fraction of sp³-hybridized carbons (Fsp3) is 0.222. The number of anilines is 2. The van der Waals surface area contributed by atoms with Crippen molar-refractivity contribution >= 4 is 23.2 Å². The Hall–Kier alpha value is -2.66. The molecule has 2 aromatic rings. The fourth-order valence-corrected chi connectivity index (χ4v) is 2.16. The molecule has 0 bridgehead atoms. The lowest BCUT2D eigenvalue weighted by Gasteiger charge is -2.11. The van der Waals surface area contributed by atoms with E-state index in [0.29, 0.717) is 24.2 Å². The van der Waals surface area contributed by atoms with Crippen molar-refractivity contribution in [1.82, 2.24) is 0 Å². The number of benzene rings is 2. The molecule has 0 aromatic heterocycles. The van der Waals surface area contributed by atoms with Gasteiger partial charge in [0.1, 0.15) is 0 Å². The first kappa shape index (κ1) is 16.7. The van der Waals surface area contributed by atoms with Crippen LogP contribution in [-0.2, 0) is 16.0 Å². The summed E-state index contributed by atoms with van der Waals surface area (Å²) in [6, 6.07) is 15.3. The van der Waals surface area contributed by atoms with Gasteiger partial charge < -0.3 is 16.4 Å². The Morgan fingerprint density at radius 3 is 2.43 bits per heavy atom. The lowest BCUT2D eigenvalue weighted by molar-refractivity contribution is -0.116. The standard InChI is InChI=1S/C18H21N3O2/c1-13-7-9-15(11-16(13)21-18(23)12-19)20-17(22)10-8-14-5-3-2-4-6-14/h2-7,9,11H,8,10,12,19H2,1H3,(H,20,22)(H,21,23). The normalized spacial score (nSPS) is 10.2. The van der Waals surface area contributed by atoms with Crippen LogP contribution in [0.5, 0.6) is 0 Å². The van der Waals surface area contributed by atoms with E-state index in [1.165, 1.54) is 0 Å². The lowest BCUT2D eigenvalue weighted by Crippen LogP contribution is -2.22. The third kappa shape index (κ3) is 5.23. The van der Waals surface area contributed by atoms with Gasteiger partial charge in [0.2, 0.25) is 11.8 Å². The van der Waals surface area contributed by atoms with Gasteiger partial charge in [-0.2, -0.15) is 0 Å². The predicted molar refractivity (Wildman–Crippen MR) is 92.3 cm³/mol. The van der Waals surface area contributed by atoms with Crippen molar-refractivity contribution in [3.8, 4) is 0 Å². The number of aryl methyl sites for hydroxylation is 2. The molecular formula is C18H21N3O2. The van der Waals surface area contributed by atoms with Gasteiger partial charge in [-0.25, -0.2) is 0 Å². The van der Waals surface area contributed by atoms with Crippen LogP contribution in [0.15, 0.2) is 48.5 Å². The molecule has 0 aliphatic rings. The molecule has 2 aromatic carbocycles. The SMILES string of the molecule is Cc1ccc(NC(=O)CCc2ccccc2)cc1NC(=O)CN. The zero-order valence-corrected chi connectivity index (χ0v) is 13.1. The summed E-state index contributed by atoms with van der Waals surface area (Å²) in [7, 11) is 0. The minimum atomic E-state index is -0.263. The molecule has 0 spiro atoms. The molecule has 23 heavy (non-hydrogen) atoms. The molecule has 0 aliphatic heterocycles. The molecule has 2 rings (SSSR count). The Morgan fingerprint density at radius 1 is 1.00 bits per heavy atom. The van der Waals surface area contributed by atoms with Gasteiger partial charge >= 0.3 is 0 Å². The monoisotopic (exact) mass is 311 g/mol. The van der Waals surface area contributed by atoms with Gasteiger partial charge in [0.05, 0.1) is 6.54 Å². The van der Waals surface area contributed by atoms with E-state index < -0.39 is 0 Å². The Morgan fingerprint density at radius 2 is 1.74 bits per heavy atom. The summed E-state index contributed by atoms with van der Waals surface area (Å²) < 4.78 is 0. The number of rotatable bonds is 6. The van der Waals surface area contributed by atoms with Gasteiger partial charge in [0.15, 0.2) is 0 Å². The van der Waals surface area contributed by atoms with E-state index in [9.17, 15) is 9.59 Å². The Kier molecular flexibility index (Phi) is 5.88. The van der Waals surface area contributed by atoms with Crippen LogP contribution in [0.3, 0.4) is 0 Å². The molecule has 0 heterocycles. The van der Waals surface area contributed by atoms with Crippen molar-refractivity contribution in [3.63, 3.8) is 0 Å². The van der Waals surface area contributed by atoms with Crippen LogP contribution in [0, 0.1) is 6.92 Å². The number of carbonyl (C=O) groups is 2. The number of hydrogen-bond acceptors (Lipinski definition) is 3. The maximum atomic E-state index is 12.0. The fourth-order valence-electron chi connectivity index (χ4n) is 2.16. The molecule has 120 valence electrons. The highest BCUT2D eigenvalue weighted by atomic mass is 16.2. The third-order valence-corrected chi connectivity index (χ3v) is 3.46. The van der Waals surface area contributed by atoms with Crippen LogP contribution >= 0.6 is 0 Å². The van der Waals surface area contributed by atoms with E-state index in [-0.39, 0.29) is 18.4 Å². The van der Waals surface area contributed by atoms with Crippen LogP contribution in [-0.4, -0.2) is 18.4 Å². The average molecular weight is 311 g/mol. The molecule has 0 fully saturated rings. The van der Waals surface area contributed by atoms with E-state index in [1.807, 2.05) is 49.4 Å². The molecular weight excluding hydrogens is 290 g/mol. The zero-order chi connectivity index (χ0) is 16.7. The second-order valence-corrected chi connectivity index (χ2v) is 5.32. The van der Waals surface area contributed by atoms with Crippen LogP contribution in [0.4, 0.5) is 11.4 Å². The highest BCUT2D eigenvalue weighted by Crippen LogP contribution is 2.20. The van der Waals surface area contributed by atoms with Gasteiger partial charge in [0, 0.05) is 17.8 Å². The maximum Gasteiger partial charge on any atom is 0.238 e. The molecule has 5 heteroatoms. The minimum absolute atomic E-state index is 0.0613. The molecule has 0 unspecified atom stereocenters. The molecule has 5 nitrogen and oxygen atoms in total. The van der Waals surface area contributed by atoms with Crippen molar-refractivity contribution < 1.29 is 9.59 Å². The topological polar surface area (TPSA) is 84.2 Å². The number of hydrogen-bond donors (Lipinski definition) is 3. The largest absolute Gasteiger partial charge is 0.326 e. The van der Waals surface area contributed by atoms with E-state index in [0.717, 1.165) is 11.1 Å². The summed E-state index contributed by atoms with van der Waals surface area (Å²) in [6.45, 7) is 1.81. The summed E-state index contributed by atoms with van der Waals surface area (Å²) in [5.74, 6) is -0.325. The first-order chi connectivity index (χ1) is 11.1. The van der Waals surface area contributed by atoms with Gasteiger partial charge in [-0.1, -0.05) is 36.4 Å². The van der Waals surface area contributed by atoms with Crippen molar-refractivity contribution in [1.29, 1.82) is 0 Å². The van der Waals surface area contributed by atoms with Gasteiger partial charge in [-0.3, -0.25) is 9.59 Å². The first-order valence-corrected chi connectivity index (χ1v) is 7.53. The summed E-state index contributed by atoms with van der Waals surface area (Å²) in [6.07, 6.45) is 1.09. The van der Waals surface area contributed by atoms with Crippen LogP contribution in [0.1, 0.15) is 17.5 Å². The zero-order valence-electron chi connectivity index (χ0n) is 13.1. The maximum absolute atomic E-state index is 12.0. The van der Waals surface area contributed by atoms with Crippen LogP contribution < -0.4 is 16.4 Å². The van der Waals surface area contributed by atoms with Gasteiger partial charge in [-0.05, 0) is 36.6 Å². The smallest absolute Gasteiger partial charge is 0.238 e. The highest BCUT2D eigenvalue weighted by molar-refractivity contribution is 5.95. The number of nitrogens with one attached hydrogen (secondary N) is 2. The Bertz CT molecular complexity index is 684. The Labute approximate surface area is 135 Å². The summed E-state index contributed by atoms with van der Waals surface area (Å²) in [5, 5.41) is 5.57. The average Bonchev–Trinajstić information content (AvgIpc) is 2.57. The van der Waals surface area contributed by atoms with E-state index >= 15 is 0 Å². The second-order valence-electron chi connectivity index (χ2n) is 5.32. The second kappa shape index (κ2) is 8.10. The number of carbonyl (C=O) groups excluding carboxylic acids is 2. The van der Waals surface area contributed by atoms with Gasteiger partial charge in [-0.15, -0.1) is 0 Å². The van der Waals surface area contributed by atoms with Crippen molar-refractivity contribution in [2.24, 2.45) is 5.73 Å². The molecule has 0 saturated carbocycles. The molecule has 4 N–H and O–H groups in total. The number of amides is 2. The van der Waals surface area contributed by atoms with Crippen molar-refractivity contribution in [2.75, 3.05) is 17.2 Å². The summed E-state index contributed by atoms with van der Waals surface area (Å²) >= 11 is 0. The van der Waals surface area contributed by atoms with E-state index in [4.69, 9.17) is 5.73 Å². The first-order valence-electron chi connectivity index (χ1n) is 7.53. The third-order valence-electron chi connectivity index (χ3n) is 3.46. The summed E-state index contributed by atoms with van der Waals surface area (Å²) in [4.78, 5) is 23.4. The number of nitrogens with two attached hydrogens (primary N) is 1. The molecule has 0 aliphatic carbocycles. The van der Waals surface area contributed by atoms with Gasteiger partial charge in [0.25, 0.3) is 0 Å². The van der Waals surface area contributed by atoms with Crippen molar-refractivity contribution in [3.05, 3.63) is 59.7 Å². The molecule has 0 radical (unpaired) electrons. The molecule has 2 amide bonds. The highest BCUT2D eigenvalue weighted by Gasteiger charge is 2.07. The predicted octanol–water partition coefficient (Wildman–Crippen LogP) is 2.46. The quantitative estimate of drug-likeness (QED) is 0.766. The van der Waals surface area contributed by atoms with E-state index in [2.05, 4.69) is 10.6 Å². The molecule has 0 saturated heterocycles. The van der Waals surface area contributed by atoms with Crippen molar-refractivity contribution in [2.45, 2.75) is 19.8 Å². The van der Waals surface area contributed by atoms with Crippen LogP contribution in [0.2, 0.25) is 0 Å². The minimum Gasteiger partial charge on any atom is -0.326 e.